The van der Waals surface area contributed by atoms with E-state index >= 15 is 0 Å². The van der Waals surface area contributed by atoms with Gasteiger partial charge in [-0.05, 0) is 54.9 Å². The van der Waals surface area contributed by atoms with Gasteiger partial charge in [0, 0.05) is 0 Å². The highest BCUT2D eigenvalue weighted by Crippen LogP contribution is 2.43. The maximum atomic E-state index is 9.34. The van der Waals surface area contributed by atoms with E-state index in [2.05, 4.69) is 24.8 Å². The number of hydrogen-bond acceptors (Lipinski definition) is 1. The Morgan fingerprint density at radius 2 is 1.30 bits per heavy atom. The molecule has 2 nitrogen and oxygen atoms in total. The van der Waals surface area contributed by atoms with Crippen LogP contribution in [0.25, 0.3) is 4.85 Å². The average molecular weight is 270 g/mol. The van der Waals surface area contributed by atoms with Crippen LogP contribution in [0, 0.1) is 41.6 Å². The summed E-state index contributed by atoms with van der Waals surface area (Å²) in [7, 11) is 0. The normalized spacial score (nSPS) is 33.8. The van der Waals surface area contributed by atoms with Crippen LogP contribution in [0.1, 0.15) is 65.2 Å². The minimum atomic E-state index is 0.420. The first-order valence-electron chi connectivity index (χ1n) is 8.17. The van der Waals surface area contributed by atoms with E-state index in [9.17, 15) is 5.26 Å². The molecule has 0 radical (unpaired) electrons. The first kappa shape index (κ1) is 15.1. The Kier molecular flexibility index (Phi) is 5.24. The third kappa shape index (κ3) is 3.43. The number of rotatable bonds is 2. The van der Waals surface area contributed by atoms with Gasteiger partial charge in [0.05, 0.1) is 12.6 Å². The van der Waals surface area contributed by atoms with Crippen molar-refractivity contribution in [1.82, 2.24) is 0 Å². The van der Waals surface area contributed by atoms with Gasteiger partial charge in [-0.2, -0.15) is 0 Å². The molecule has 2 aliphatic carbocycles. The highest BCUT2D eigenvalue weighted by molar-refractivity contribution is 5.36. The zero-order valence-corrected chi connectivity index (χ0v) is 12.9. The molecule has 0 aromatic carbocycles. The molecule has 0 atom stereocenters. The Hall–Kier alpha value is -1.28. The summed E-state index contributed by atoms with van der Waals surface area (Å²) < 4.78 is 0. The summed E-state index contributed by atoms with van der Waals surface area (Å²) in [6.45, 7) is 12.0. The van der Waals surface area contributed by atoms with E-state index in [4.69, 9.17) is 6.57 Å². The van der Waals surface area contributed by atoms with Gasteiger partial charge in [-0.15, -0.1) is 0 Å². The second-order valence-electron chi connectivity index (χ2n) is 6.94. The van der Waals surface area contributed by atoms with E-state index in [1.54, 1.807) is 0 Å². The maximum Gasteiger partial charge on any atom is 0.261 e. The molecule has 0 aromatic heterocycles. The van der Waals surface area contributed by atoms with Gasteiger partial charge in [0.2, 0.25) is 0 Å². The molecule has 20 heavy (non-hydrogen) atoms. The third-order valence-corrected chi connectivity index (χ3v) is 5.40. The Bertz CT molecular complexity index is 393. The summed E-state index contributed by atoms with van der Waals surface area (Å²) in [6, 6.07) is 2.19. The van der Waals surface area contributed by atoms with Gasteiger partial charge in [0.1, 0.15) is 0 Å². The van der Waals surface area contributed by atoms with Crippen molar-refractivity contribution in [2.45, 2.75) is 65.2 Å². The van der Waals surface area contributed by atoms with Gasteiger partial charge < -0.3 is 0 Å². The zero-order valence-electron chi connectivity index (χ0n) is 12.9. The quantitative estimate of drug-likeness (QED) is 0.492. The fourth-order valence-electron chi connectivity index (χ4n) is 4.02. The maximum absolute atomic E-state index is 9.34. The lowest BCUT2D eigenvalue weighted by Crippen LogP contribution is -2.23. The predicted molar refractivity (Wildman–Crippen MR) is 81.5 cm³/mol. The van der Waals surface area contributed by atoms with Gasteiger partial charge in [0.15, 0.2) is 0 Å². The summed E-state index contributed by atoms with van der Waals surface area (Å²) in [5.74, 6) is 2.65. The van der Waals surface area contributed by atoms with Gasteiger partial charge in [-0.25, -0.2) is 10.1 Å². The molecule has 2 fully saturated rings. The van der Waals surface area contributed by atoms with E-state index < -0.39 is 0 Å². The second kappa shape index (κ2) is 6.94. The molecule has 2 aliphatic rings. The fourth-order valence-corrected chi connectivity index (χ4v) is 4.02. The van der Waals surface area contributed by atoms with Crippen LogP contribution in [-0.4, -0.2) is 0 Å². The van der Waals surface area contributed by atoms with Crippen molar-refractivity contribution in [2.24, 2.45) is 23.7 Å². The van der Waals surface area contributed by atoms with Crippen LogP contribution in [0.3, 0.4) is 0 Å². The number of allylic oxidation sites excluding steroid dienone is 2. The van der Waals surface area contributed by atoms with Crippen LogP contribution in [0.4, 0.5) is 0 Å². The van der Waals surface area contributed by atoms with Crippen LogP contribution < -0.4 is 0 Å². The summed E-state index contributed by atoms with van der Waals surface area (Å²) in [5, 5.41) is 9.34. The monoisotopic (exact) mass is 270 g/mol. The van der Waals surface area contributed by atoms with Crippen LogP contribution in [0.15, 0.2) is 11.3 Å². The van der Waals surface area contributed by atoms with E-state index in [0.717, 1.165) is 11.8 Å². The number of nitriles is 1. The number of hydrogen-bond donors (Lipinski definition) is 0. The molecule has 0 bridgehead atoms. The van der Waals surface area contributed by atoms with E-state index in [1.165, 1.54) is 56.9 Å². The third-order valence-electron chi connectivity index (χ3n) is 5.40. The van der Waals surface area contributed by atoms with E-state index in [0.29, 0.717) is 17.5 Å². The first-order chi connectivity index (χ1) is 9.65. The van der Waals surface area contributed by atoms with Crippen molar-refractivity contribution >= 4 is 0 Å². The van der Waals surface area contributed by atoms with Gasteiger partial charge >= 0.3 is 0 Å². The molecule has 0 aromatic rings. The Morgan fingerprint density at radius 3 is 1.60 bits per heavy atom. The average Bonchev–Trinajstić information content (AvgIpc) is 2.47. The molecule has 0 unspecified atom stereocenters. The Morgan fingerprint density at radius 1 is 0.900 bits per heavy atom. The van der Waals surface area contributed by atoms with Crippen molar-refractivity contribution < 1.29 is 0 Å². The molecular weight excluding hydrogens is 244 g/mol. The predicted octanol–water partition coefficient (Wildman–Crippen LogP) is 5.34. The molecule has 2 rings (SSSR count). The molecular formula is C18H26N2. The Balaban J connectivity index is 2.20. The van der Waals surface area contributed by atoms with Crippen molar-refractivity contribution in [2.75, 3.05) is 0 Å². The summed E-state index contributed by atoms with van der Waals surface area (Å²) in [5.41, 5.74) is 1.66. The lowest BCUT2D eigenvalue weighted by Gasteiger charge is -2.35. The second-order valence-corrected chi connectivity index (χ2v) is 6.94. The molecule has 0 spiro atoms. The Labute approximate surface area is 123 Å². The molecule has 0 amide bonds. The standard InChI is InChI=1S/C18H26N2/c1-13-4-8-15(9-5-13)18(17(12-19)20-3)16-10-6-14(2)7-11-16/h13-16H,4-11H2,1-2H3. The van der Waals surface area contributed by atoms with E-state index in [1.807, 2.05) is 0 Å². The van der Waals surface area contributed by atoms with Crippen LogP contribution in [-0.2, 0) is 0 Å². The molecule has 0 heterocycles. The molecule has 108 valence electrons. The summed E-state index contributed by atoms with van der Waals surface area (Å²) in [6.07, 6.45) is 9.77. The van der Waals surface area contributed by atoms with Gasteiger partial charge in [-0.3, -0.25) is 0 Å². The molecule has 2 saturated carbocycles. The highest BCUT2D eigenvalue weighted by atomic mass is 14.7. The molecule has 0 saturated heterocycles. The zero-order chi connectivity index (χ0) is 14.5. The topological polar surface area (TPSA) is 28.1 Å². The van der Waals surface area contributed by atoms with Gasteiger partial charge in [0.25, 0.3) is 5.70 Å². The SMILES string of the molecule is [C-]#[N+]C(C#N)=C(C1CCC(C)CC1)C1CCC(C)CC1. The smallest absolute Gasteiger partial charge is 0.227 e. The first-order valence-corrected chi connectivity index (χ1v) is 8.17. The summed E-state index contributed by atoms with van der Waals surface area (Å²) >= 11 is 0. The van der Waals surface area contributed by atoms with Crippen molar-refractivity contribution in [3.63, 3.8) is 0 Å². The lowest BCUT2D eigenvalue weighted by molar-refractivity contribution is 0.263. The minimum Gasteiger partial charge on any atom is -0.227 e. The van der Waals surface area contributed by atoms with Crippen LogP contribution >= 0.6 is 0 Å². The fraction of sp³-hybridized carbons (Fsp3) is 0.778. The molecule has 2 heteroatoms. The van der Waals surface area contributed by atoms with E-state index in [-0.39, 0.29) is 0 Å². The summed E-state index contributed by atoms with van der Waals surface area (Å²) in [4.78, 5) is 3.56. The van der Waals surface area contributed by atoms with Crippen LogP contribution in [0.5, 0.6) is 0 Å². The number of nitrogens with zero attached hydrogens (tertiary/aromatic N) is 2. The minimum absolute atomic E-state index is 0.420. The van der Waals surface area contributed by atoms with Crippen LogP contribution in [0.2, 0.25) is 0 Å². The highest BCUT2D eigenvalue weighted by Gasteiger charge is 2.31. The van der Waals surface area contributed by atoms with Crippen molar-refractivity contribution in [3.8, 4) is 6.07 Å². The van der Waals surface area contributed by atoms with Crippen molar-refractivity contribution in [1.29, 1.82) is 5.26 Å². The van der Waals surface area contributed by atoms with Crippen molar-refractivity contribution in [3.05, 3.63) is 22.7 Å². The largest absolute Gasteiger partial charge is 0.261 e. The molecule has 0 N–H and O–H groups in total. The molecule has 0 aliphatic heterocycles. The van der Waals surface area contributed by atoms with Gasteiger partial charge in [-0.1, -0.05) is 39.5 Å². The lowest BCUT2D eigenvalue weighted by atomic mass is 9.70.